The number of hydrogen-bond acceptors (Lipinski definition) is 3. The van der Waals surface area contributed by atoms with Crippen LogP contribution in [0.4, 0.5) is 4.39 Å². The minimum Gasteiger partial charge on any atom is -0.288 e. The fourth-order valence-electron chi connectivity index (χ4n) is 1.14. The molecule has 0 bridgehead atoms. The second kappa shape index (κ2) is 4.26. The third-order valence-electron chi connectivity index (χ3n) is 2.01. The van der Waals surface area contributed by atoms with Gasteiger partial charge in [-0.25, -0.2) is 12.8 Å². The molecular weight excluding hydrogens is 221 g/mol. The Morgan fingerprint density at radius 3 is 2.47 bits per heavy atom. The van der Waals surface area contributed by atoms with Crippen molar-refractivity contribution in [2.45, 2.75) is 11.8 Å². The van der Waals surface area contributed by atoms with Crippen molar-refractivity contribution in [2.75, 3.05) is 14.2 Å². The second-order valence-corrected chi connectivity index (χ2v) is 4.91. The highest BCUT2D eigenvalue weighted by Crippen LogP contribution is 2.19. The summed E-state index contributed by atoms with van der Waals surface area (Å²) in [5.74, 6) is -0.466. The molecule has 4 nitrogen and oxygen atoms in total. The molecule has 0 saturated carbocycles. The van der Waals surface area contributed by atoms with Gasteiger partial charge in [0.15, 0.2) is 0 Å². The van der Waals surface area contributed by atoms with Gasteiger partial charge in [-0.2, -0.15) is 0 Å². The van der Waals surface area contributed by atoms with E-state index < -0.39 is 15.8 Å². The van der Waals surface area contributed by atoms with Gasteiger partial charge < -0.3 is 0 Å². The van der Waals surface area contributed by atoms with Crippen LogP contribution in [0.1, 0.15) is 5.56 Å². The van der Waals surface area contributed by atoms with Crippen LogP contribution < -0.4 is 0 Å². The summed E-state index contributed by atoms with van der Waals surface area (Å²) in [6.45, 7) is 1.53. The van der Waals surface area contributed by atoms with Gasteiger partial charge in [0, 0.05) is 7.05 Å². The van der Waals surface area contributed by atoms with Crippen LogP contribution in [0.15, 0.2) is 23.1 Å². The zero-order valence-corrected chi connectivity index (χ0v) is 9.51. The fraction of sp³-hybridized carbons (Fsp3) is 0.333. The topological polar surface area (TPSA) is 46.6 Å². The molecule has 0 aliphatic heterocycles. The summed E-state index contributed by atoms with van der Waals surface area (Å²) in [6.07, 6.45) is 0. The number of halogens is 1. The molecule has 0 aliphatic rings. The van der Waals surface area contributed by atoms with E-state index in [1.54, 1.807) is 0 Å². The molecule has 0 fully saturated rings. The van der Waals surface area contributed by atoms with E-state index in [0.717, 1.165) is 16.6 Å². The van der Waals surface area contributed by atoms with Crippen LogP contribution in [0, 0.1) is 12.7 Å². The summed E-state index contributed by atoms with van der Waals surface area (Å²) in [4.78, 5) is 4.64. The molecule has 0 spiro atoms. The SMILES string of the molecule is CON(C)S(=O)(=O)c1ccc(F)cc1C. The Labute approximate surface area is 88.3 Å². The first kappa shape index (κ1) is 12.1. The van der Waals surface area contributed by atoms with Gasteiger partial charge in [0.25, 0.3) is 10.0 Å². The summed E-state index contributed by atoms with van der Waals surface area (Å²) in [5.41, 5.74) is 0.346. The normalized spacial score (nSPS) is 12.1. The highest BCUT2D eigenvalue weighted by molar-refractivity contribution is 7.89. The van der Waals surface area contributed by atoms with E-state index in [2.05, 4.69) is 4.84 Å². The zero-order valence-electron chi connectivity index (χ0n) is 8.69. The molecule has 1 rings (SSSR count). The standard InChI is InChI=1S/C9H12FNO3S/c1-7-6-8(10)4-5-9(7)15(12,13)11(2)14-3/h4-6H,1-3H3. The van der Waals surface area contributed by atoms with E-state index in [1.165, 1.54) is 27.1 Å². The molecular formula is C9H12FNO3S. The summed E-state index contributed by atoms with van der Waals surface area (Å²) in [5, 5.41) is 0. The highest BCUT2D eigenvalue weighted by Gasteiger charge is 2.22. The maximum absolute atomic E-state index is 12.8. The first-order valence-corrected chi connectivity index (χ1v) is 5.63. The molecule has 0 aliphatic carbocycles. The van der Waals surface area contributed by atoms with Crippen LogP contribution >= 0.6 is 0 Å². The highest BCUT2D eigenvalue weighted by atomic mass is 32.2. The van der Waals surface area contributed by atoms with E-state index in [4.69, 9.17) is 0 Å². The summed E-state index contributed by atoms with van der Waals surface area (Å²) in [6, 6.07) is 3.48. The third kappa shape index (κ3) is 2.34. The minimum atomic E-state index is -3.69. The summed E-state index contributed by atoms with van der Waals surface area (Å²) < 4.78 is 37.1. The van der Waals surface area contributed by atoms with Crippen LogP contribution in [0.3, 0.4) is 0 Å². The lowest BCUT2D eigenvalue weighted by Crippen LogP contribution is -2.26. The fourth-order valence-corrected chi connectivity index (χ4v) is 2.32. The molecule has 1 aromatic rings. The van der Waals surface area contributed by atoms with Gasteiger partial charge >= 0.3 is 0 Å². The summed E-state index contributed by atoms with van der Waals surface area (Å²) >= 11 is 0. The first-order chi connectivity index (χ1) is 6.89. The van der Waals surface area contributed by atoms with Crippen molar-refractivity contribution in [3.8, 4) is 0 Å². The first-order valence-electron chi connectivity index (χ1n) is 4.19. The van der Waals surface area contributed by atoms with Gasteiger partial charge in [0.2, 0.25) is 0 Å². The predicted octanol–water partition coefficient (Wildman–Crippen LogP) is 1.32. The smallest absolute Gasteiger partial charge is 0.264 e. The number of sulfonamides is 1. The average Bonchev–Trinajstić information content (AvgIpc) is 2.15. The molecule has 6 heteroatoms. The van der Waals surface area contributed by atoms with Crippen LogP contribution in [-0.4, -0.2) is 27.0 Å². The van der Waals surface area contributed by atoms with Crippen molar-refractivity contribution in [2.24, 2.45) is 0 Å². The minimum absolute atomic E-state index is 0.0354. The van der Waals surface area contributed by atoms with Crippen LogP contribution in [0.2, 0.25) is 0 Å². The van der Waals surface area contributed by atoms with Crippen LogP contribution in [0.5, 0.6) is 0 Å². The Kier molecular flexibility index (Phi) is 3.43. The quantitative estimate of drug-likeness (QED) is 0.740. The van der Waals surface area contributed by atoms with Gasteiger partial charge in [-0.1, -0.05) is 4.47 Å². The number of aryl methyl sites for hydroxylation is 1. The largest absolute Gasteiger partial charge is 0.288 e. The van der Waals surface area contributed by atoms with Crippen molar-refractivity contribution in [3.05, 3.63) is 29.6 Å². The van der Waals surface area contributed by atoms with Gasteiger partial charge in [-0.05, 0) is 30.7 Å². The maximum atomic E-state index is 12.8. The van der Waals surface area contributed by atoms with Crippen LogP contribution in [-0.2, 0) is 14.9 Å². The van der Waals surface area contributed by atoms with Crippen molar-refractivity contribution in [1.82, 2.24) is 4.47 Å². The van der Waals surface area contributed by atoms with Crippen LogP contribution in [0.25, 0.3) is 0 Å². The maximum Gasteiger partial charge on any atom is 0.264 e. The molecule has 0 radical (unpaired) electrons. The molecule has 0 amide bonds. The molecule has 0 heterocycles. The van der Waals surface area contributed by atoms with Crippen molar-refractivity contribution < 1.29 is 17.6 Å². The Bertz CT molecular complexity index is 458. The number of benzene rings is 1. The molecule has 84 valence electrons. The Morgan fingerprint density at radius 1 is 1.40 bits per heavy atom. The molecule has 0 aromatic heterocycles. The van der Waals surface area contributed by atoms with Gasteiger partial charge in [0.1, 0.15) is 5.82 Å². The second-order valence-electron chi connectivity index (χ2n) is 3.01. The molecule has 0 saturated heterocycles. The summed E-state index contributed by atoms with van der Waals surface area (Å²) in [7, 11) is -1.17. The van der Waals surface area contributed by atoms with E-state index in [-0.39, 0.29) is 4.90 Å². The van der Waals surface area contributed by atoms with E-state index in [0.29, 0.717) is 5.56 Å². The number of hydrogen-bond donors (Lipinski definition) is 0. The van der Waals surface area contributed by atoms with Crippen molar-refractivity contribution >= 4 is 10.0 Å². The lowest BCUT2D eigenvalue weighted by molar-refractivity contribution is -0.0259. The lowest BCUT2D eigenvalue weighted by Gasteiger charge is -2.15. The average molecular weight is 233 g/mol. The van der Waals surface area contributed by atoms with E-state index in [9.17, 15) is 12.8 Å². The Morgan fingerprint density at radius 2 is 2.00 bits per heavy atom. The Balaban J connectivity index is 3.28. The molecule has 0 unspecified atom stereocenters. The van der Waals surface area contributed by atoms with Gasteiger partial charge in [-0.15, -0.1) is 0 Å². The molecule has 15 heavy (non-hydrogen) atoms. The predicted molar refractivity (Wildman–Crippen MR) is 53.1 cm³/mol. The van der Waals surface area contributed by atoms with Crippen molar-refractivity contribution in [1.29, 1.82) is 0 Å². The van der Waals surface area contributed by atoms with Crippen molar-refractivity contribution in [3.63, 3.8) is 0 Å². The Hall–Kier alpha value is -0.980. The number of rotatable bonds is 3. The number of nitrogens with zero attached hydrogens (tertiary/aromatic N) is 1. The van der Waals surface area contributed by atoms with Gasteiger partial charge in [0.05, 0.1) is 12.0 Å². The zero-order chi connectivity index (χ0) is 11.6. The molecule has 0 atom stereocenters. The number of hydroxylamine groups is 1. The molecule has 1 aromatic carbocycles. The lowest BCUT2D eigenvalue weighted by atomic mass is 10.2. The monoisotopic (exact) mass is 233 g/mol. The van der Waals surface area contributed by atoms with E-state index >= 15 is 0 Å². The molecule has 0 N–H and O–H groups in total. The third-order valence-corrected chi connectivity index (χ3v) is 3.85. The van der Waals surface area contributed by atoms with Gasteiger partial charge in [-0.3, -0.25) is 4.84 Å². The van der Waals surface area contributed by atoms with E-state index in [1.807, 2.05) is 0 Å².